The van der Waals surface area contributed by atoms with Crippen molar-refractivity contribution in [3.8, 4) is 33.8 Å². The predicted octanol–water partition coefficient (Wildman–Crippen LogP) is 6.40. The third-order valence-corrected chi connectivity index (χ3v) is 9.52. The molecule has 6 heterocycles. The Hall–Kier alpha value is -4.77. The molecule has 232 valence electrons. The lowest BCUT2D eigenvalue weighted by atomic mass is 9.88. The number of nitrogens with one attached hydrogen (secondary N) is 2. The van der Waals surface area contributed by atoms with E-state index in [0.29, 0.717) is 31.6 Å². The van der Waals surface area contributed by atoms with Crippen LogP contribution in [-0.4, -0.2) is 82.9 Å². The molecule has 3 aliphatic rings. The largest absolute Gasteiger partial charge is 0.451 e. The summed E-state index contributed by atoms with van der Waals surface area (Å²) in [4.78, 5) is 9.72. The number of H-pyrrole nitrogens is 2. The molecule has 2 fully saturated rings. The van der Waals surface area contributed by atoms with Crippen LogP contribution in [0.5, 0.6) is 11.5 Å². The predicted molar refractivity (Wildman–Crippen MR) is 178 cm³/mol. The molecule has 2 N–H and O–H groups in total. The molecule has 2 bridgehead atoms. The topological polar surface area (TPSA) is 104 Å². The summed E-state index contributed by atoms with van der Waals surface area (Å²) in [6.07, 6.45) is 6.92. The molecule has 10 heteroatoms. The number of fused-ring (bicyclic) bond motifs is 6. The molecular formula is C36H35N7O3. The first-order chi connectivity index (χ1) is 22.7. The maximum Gasteiger partial charge on any atom is 0.176 e. The number of rotatable bonds is 8. The number of nitrogens with zero attached hydrogens (tertiary/aromatic N) is 5. The van der Waals surface area contributed by atoms with E-state index in [0.717, 1.165) is 99.9 Å². The Morgan fingerprint density at radius 3 is 2.13 bits per heavy atom. The molecule has 3 aromatic carbocycles. The van der Waals surface area contributed by atoms with Gasteiger partial charge in [-0.2, -0.15) is 10.2 Å². The van der Waals surface area contributed by atoms with Gasteiger partial charge in [-0.3, -0.25) is 10.2 Å². The number of likely N-dealkylation sites (tertiary alicyclic amines) is 1. The van der Waals surface area contributed by atoms with Gasteiger partial charge in [0.1, 0.15) is 0 Å². The standard InChI is InChI=1S/C36H35N7O3/c1-4-31-29(17-38-40-31)12-25(1)27-3-6-33-34(14-27)46-35-15-28(26-2-5-32-30(13-26)18-39-41-32)16-37-36(35)43(33)8-10-44-9-7-42-19-23-11-24(20-42)22-45-21-23/h1-6,12-18,23-24H,7-11,19-22H2,(H,38,40)(H,39,41). The van der Waals surface area contributed by atoms with Crippen molar-refractivity contribution in [3.63, 3.8) is 0 Å². The Morgan fingerprint density at radius 2 is 1.37 bits per heavy atom. The Balaban J connectivity index is 0.977. The Bertz CT molecular complexity index is 1900. The average Bonchev–Trinajstić information content (AvgIpc) is 3.76. The third-order valence-electron chi connectivity index (χ3n) is 9.52. The van der Waals surface area contributed by atoms with Gasteiger partial charge in [0.15, 0.2) is 17.3 Å². The van der Waals surface area contributed by atoms with Crippen LogP contribution >= 0.6 is 0 Å². The second kappa shape index (κ2) is 11.5. The number of pyridine rings is 1. The zero-order valence-corrected chi connectivity index (χ0v) is 25.5. The molecule has 3 aliphatic heterocycles. The first-order valence-electron chi connectivity index (χ1n) is 16.1. The fraction of sp³-hybridized carbons (Fsp3) is 0.306. The van der Waals surface area contributed by atoms with Crippen molar-refractivity contribution in [1.82, 2.24) is 30.3 Å². The van der Waals surface area contributed by atoms with E-state index in [1.807, 2.05) is 24.7 Å². The molecule has 3 aromatic heterocycles. The van der Waals surface area contributed by atoms with Crippen LogP contribution in [0.3, 0.4) is 0 Å². The van der Waals surface area contributed by atoms with Crippen LogP contribution in [0.25, 0.3) is 44.1 Å². The summed E-state index contributed by atoms with van der Waals surface area (Å²) in [6, 6.07) is 21.1. The van der Waals surface area contributed by atoms with Crippen LogP contribution in [0.15, 0.2) is 79.3 Å². The molecule has 0 radical (unpaired) electrons. The van der Waals surface area contributed by atoms with Gasteiger partial charge in [0.25, 0.3) is 0 Å². The van der Waals surface area contributed by atoms with Gasteiger partial charge in [-0.1, -0.05) is 18.2 Å². The number of ether oxygens (including phenoxy) is 3. The molecule has 0 amide bonds. The summed E-state index contributed by atoms with van der Waals surface area (Å²) in [7, 11) is 0. The SMILES string of the molecule is c1cc2c(cc1-c1ccc3[nH]ncc3c1)Oc1cc(-c3ccc4[nH]ncc4c3)cnc1N2CCOCCN1CC2COCC(C2)C1. The maximum absolute atomic E-state index is 6.62. The second-order valence-corrected chi connectivity index (χ2v) is 12.7. The average molecular weight is 614 g/mol. The summed E-state index contributed by atoms with van der Waals surface area (Å²) in [6.45, 7) is 6.93. The Kier molecular flexibility index (Phi) is 6.91. The minimum atomic E-state index is 0.586. The van der Waals surface area contributed by atoms with Gasteiger partial charge in [-0.05, 0) is 77.4 Å². The first kappa shape index (κ1) is 27.5. The summed E-state index contributed by atoms with van der Waals surface area (Å²) in [5, 5.41) is 16.5. The summed E-state index contributed by atoms with van der Waals surface area (Å²) in [5.41, 5.74) is 7.23. The van der Waals surface area contributed by atoms with Gasteiger partial charge < -0.3 is 24.0 Å². The van der Waals surface area contributed by atoms with Crippen molar-refractivity contribution < 1.29 is 14.2 Å². The zero-order valence-electron chi connectivity index (χ0n) is 25.5. The fourth-order valence-electron chi connectivity index (χ4n) is 7.28. The van der Waals surface area contributed by atoms with Crippen LogP contribution in [0.1, 0.15) is 6.42 Å². The quantitative estimate of drug-likeness (QED) is 0.190. The first-order valence-corrected chi connectivity index (χ1v) is 16.1. The van der Waals surface area contributed by atoms with E-state index in [1.165, 1.54) is 6.42 Å². The monoisotopic (exact) mass is 613 g/mol. The van der Waals surface area contributed by atoms with Crippen molar-refractivity contribution in [2.45, 2.75) is 6.42 Å². The van der Waals surface area contributed by atoms with Gasteiger partial charge in [0, 0.05) is 48.7 Å². The van der Waals surface area contributed by atoms with Crippen molar-refractivity contribution in [3.05, 3.63) is 79.3 Å². The van der Waals surface area contributed by atoms with E-state index in [2.05, 4.69) is 84.8 Å². The van der Waals surface area contributed by atoms with Crippen LogP contribution in [-0.2, 0) is 9.47 Å². The van der Waals surface area contributed by atoms with Crippen LogP contribution < -0.4 is 9.64 Å². The van der Waals surface area contributed by atoms with Crippen molar-refractivity contribution in [2.24, 2.45) is 11.8 Å². The molecule has 9 rings (SSSR count). The van der Waals surface area contributed by atoms with Crippen LogP contribution in [0.2, 0.25) is 0 Å². The number of aromatic amines is 2. The number of anilines is 2. The Labute approximate surface area is 266 Å². The van der Waals surface area contributed by atoms with Gasteiger partial charge in [-0.15, -0.1) is 0 Å². The van der Waals surface area contributed by atoms with E-state index in [9.17, 15) is 0 Å². The van der Waals surface area contributed by atoms with E-state index in [1.54, 1.807) is 0 Å². The number of hydrogen-bond acceptors (Lipinski definition) is 8. The number of piperidine rings is 1. The normalized spacial score (nSPS) is 19.3. The third kappa shape index (κ3) is 5.18. The number of aromatic nitrogens is 5. The van der Waals surface area contributed by atoms with Gasteiger partial charge in [0.05, 0.1) is 55.5 Å². The van der Waals surface area contributed by atoms with Crippen molar-refractivity contribution in [2.75, 3.05) is 57.5 Å². The minimum Gasteiger partial charge on any atom is -0.451 e. The highest BCUT2D eigenvalue weighted by Crippen LogP contribution is 2.48. The summed E-state index contributed by atoms with van der Waals surface area (Å²) < 4.78 is 18.6. The van der Waals surface area contributed by atoms with E-state index < -0.39 is 0 Å². The summed E-state index contributed by atoms with van der Waals surface area (Å²) >= 11 is 0. The number of benzene rings is 3. The minimum absolute atomic E-state index is 0.586. The smallest absolute Gasteiger partial charge is 0.176 e. The highest BCUT2D eigenvalue weighted by molar-refractivity contribution is 5.87. The number of hydrogen-bond donors (Lipinski definition) is 2. The molecule has 46 heavy (non-hydrogen) atoms. The van der Waals surface area contributed by atoms with Gasteiger partial charge >= 0.3 is 0 Å². The maximum atomic E-state index is 6.62. The molecule has 6 aromatic rings. The lowest BCUT2D eigenvalue weighted by molar-refractivity contribution is -0.0455. The van der Waals surface area contributed by atoms with Crippen molar-refractivity contribution >= 4 is 33.3 Å². The van der Waals surface area contributed by atoms with Gasteiger partial charge in [-0.25, -0.2) is 4.98 Å². The lowest BCUT2D eigenvalue weighted by Gasteiger charge is -2.41. The molecular weight excluding hydrogens is 578 g/mol. The van der Waals surface area contributed by atoms with Crippen LogP contribution in [0, 0.1) is 11.8 Å². The van der Waals surface area contributed by atoms with Crippen LogP contribution in [0.4, 0.5) is 11.5 Å². The molecule has 0 spiro atoms. The van der Waals surface area contributed by atoms with Gasteiger partial charge in [0.2, 0.25) is 0 Å². The lowest BCUT2D eigenvalue weighted by Crippen LogP contribution is -2.47. The molecule has 2 unspecified atom stereocenters. The van der Waals surface area contributed by atoms with E-state index in [4.69, 9.17) is 19.2 Å². The summed E-state index contributed by atoms with van der Waals surface area (Å²) in [5.74, 6) is 3.64. The van der Waals surface area contributed by atoms with E-state index in [-0.39, 0.29) is 0 Å². The molecule has 10 nitrogen and oxygen atoms in total. The highest BCUT2D eigenvalue weighted by Gasteiger charge is 2.31. The molecule has 2 atom stereocenters. The Morgan fingerprint density at radius 1 is 0.717 bits per heavy atom. The molecule has 2 saturated heterocycles. The van der Waals surface area contributed by atoms with E-state index >= 15 is 0 Å². The molecule has 0 aliphatic carbocycles. The van der Waals surface area contributed by atoms with Crippen molar-refractivity contribution in [1.29, 1.82) is 0 Å². The highest BCUT2D eigenvalue weighted by atomic mass is 16.5. The zero-order chi connectivity index (χ0) is 30.5. The second-order valence-electron chi connectivity index (χ2n) is 12.7. The fourth-order valence-corrected chi connectivity index (χ4v) is 7.28. The molecule has 0 saturated carbocycles.